The molecule has 2 aromatic rings. The summed E-state index contributed by atoms with van der Waals surface area (Å²) in [4.78, 5) is 16.9. The lowest BCUT2D eigenvalue weighted by atomic mass is 9.95. The average molecular weight is 316 g/mol. The molecule has 0 unspecified atom stereocenters. The van der Waals surface area contributed by atoms with E-state index >= 15 is 0 Å². The van der Waals surface area contributed by atoms with E-state index in [1.54, 1.807) is 0 Å². The molecule has 5 nitrogen and oxygen atoms in total. The van der Waals surface area contributed by atoms with Crippen molar-refractivity contribution in [3.8, 4) is 0 Å². The van der Waals surface area contributed by atoms with Gasteiger partial charge in [-0.15, -0.1) is 0 Å². The minimum absolute atomic E-state index is 0.0551. The predicted octanol–water partition coefficient (Wildman–Crippen LogP) is 3.09. The van der Waals surface area contributed by atoms with Gasteiger partial charge in [0.15, 0.2) is 5.16 Å². The molecule has 6 heteroatoms. The van der Waals surface area contributed by atoms with E-state index in [4.69, 9.17) is 0 Å². The quantitative estimate of drug-likeness (QED) is 0.832. The second-order valence-corrected chi connectivity index (χ2v) is 6.64. The molecule has 1 heterocycles. The Kier molecular flexibility index (Phi) is 5.11. The number of amides is 1. The number of benzene rings is 1. The number of thioether (sulfide) groups is 1. The fraction of sp³-hybridized carbons (Fsp3) is 0.438. The Hall–Kier alpha value is -1.82. The van der Waals surface area contributed by atoms with Crippen LogP contribution in [0.1, 0.15) is 42.9 Å². The van der Waals surface area contributed by atoms with E-state index in [2.05, 4.69) is 20.5 Å². The number of H-pyrrole nitrogens is 1. The molecule has 1 aliphatic rings. The minimum Gasteiger partial charge on any atom is -0.352 e. The Morgan fingerprint density at radius 3 is 2.68 bits per heavy atom. The summed E-state index contributed by atoms with van der Waals surface area (Å²) < 4.78 is 0. The normalized spacial score (nSPS) is 17.1. The van der Waals surface area contributed by atoms with Crippen LogP contribution >= 0.6 is 11.8 Å². The van der Waals surface area contributed by atoms with Crippen molar-refractivity contribution in [3.05, 3.63) is 42.2 Å². The molecule has 1 fully saturated rings. The molecule has 116 valence electrons. The smallest absolute Gasteiger partial charge is 0.238 e. The molecule has 0 radical (unpaired) electrons. The molecular formula is C16H20N4OS. The molecule has 1 aromatic heterocycles. The van der Waals surface area contributed by atoms with Gasteiger partial charge in [0, 0.05) is 6.04 Å². The maximum absolute atomic E-state index is 12.7. The van der Waals surface area contributed by atoms with Crippen LogP contribution in [0.2, 0.25) is 0 Å². The van der Waals surface area contributed by atoms with Crippen molar-refractivity contribution in [1.29, 1.82) is 0 Å². The summed E-state index contributed by atoms with van der Waals surface area (Å²) >= 11 is 1.40. The lowest BCUT2D eigenvalue weighted by Gasteiger charge is -2.25. The minimum atomic E-state index is -0.309. The molecule has 0 bridgehead atoms. The topological polar surface area (TPSA) is 70.7 Å². The van der Waals surface area contributed by atoms with E-state index in [-0.39, 0.29) is 11.2 Å². The zero-order valence-electron chi connectivity index (χ0n) is 12.4. The van der Waals surface area contributed by atoms with Gasteiger partial charge in [0.05, 0.1) is 0 Å². The molecule has 0 aliphatic heterocycles. The Labute approximate surface area is 134 Å². The lowest BCUT2D eigenvalue weighted by molar-refractivity contribution is -0.121. The van der Waals surface area contributed by atoms with Crippen LogP contribution in [0.3, 0.4) is 0 Å². The predicted molar refractivity (Wildman–Crippen MR) is 86.4 cm³/mol. The maximum Gasteiger partial charge on any atom is 0.238 e. The largest absolute Gasteiger partial charge is 0.352 e. The number of carbonyl (C=O) groups is 1. The molecule has 1 aromatic carbocycles. The Balaban J connectivity index is 1.73. The van der Waals surface area contributed by atoms with Crippen LogP contribution in [0.4, 0.5) is 0 Å². The van der Waals surface area contributed by atoms with Gasteiger partial charge in [0.25, 0.3) is 0 Å². The van der Waals surface area contributed by atoms with Crippen molar-refractivity contribution in [3.63, 3.8) is 0 Å². The number of hydrogen-bond donors (Lipinski definition) is 2. The van der Waals surface area contributed by atoms with Gasteiger partial charge in [-0.1, -0.05) is 61.4 Å². The standard InChI is InChI=1S/C16H20N4OS/c21-15(19-13-9-5-2-6-10-13)14(12-7-3-1-4-8-12)22-16-17-11-18-20-16/h1,3-4,7-8,11,13-14H,2,5-6,9-10H2,(H,19,21)(H,17,18,20)/t14-/m0/s1. The monoisotopic (exact) mass is 316 g/mol. The molecule has 2 N–H and O–H groups in total. The summed E-state index contributed by atoms with van der Waals surface area (Å²) in [6.45, 7) is 0. The van der Waals surface area contributed by atoms with Crippen molar-refractivity contribution in [2.45, 2.75) is 48.6 Å². The number of aromatic nitrogens is 3. The van der Waals surface area contributed by atoms with Crippen LogP contribution < -0.4 is 5.32 Å². The van der Waals surface area contributed by atoms with Crippen LogP contribution in [0.25, 0.3) is 0 Å². The Morgan fingerprint density at radius 2 is 2.00 bits per heavy atom. The number of nitrogens with zero attached hydrogens (tertiary/aromatic N) is 2. The highest BCUT2D eigenvalue weighted by molar-refractivity contribution is 8.00. The van der Waals surface area contributed by atoms with Gasteiger partial charge in [-0.2, -0.15) is 5.10 Å². The van der Waals surface area contributed by atoms with E-state index in [0.29, 0.717) is 11.2 Å². The number of carbonyl (C=O) groups excluding carboxylic acids is 1. The van der Waals surface area contributed by atoms with Crippen molar-refractivity contribution in [2.75, 3.05) is 0 Å². The Bertz CT molecular complexity index is 581. The molecule has 22 heavy (non-hydrogen) atoms. The van der Waals surface area contributed by atoms with Crippen molar-refractivity contribution in [1.82, 2.24) is 20.5 Å². The van der Waals surface area contributed by atoms with Crippen LogP contribution in [-0.2, 0) is 4.79 Å². The van der Waals surface area contributed by atoms with Crippen molar-refractivity contribution >= 4 is 17.7 Å². The fourth-order valence-electron chi connectivity index (χ4n) is 2.79. The zero-order valence-corrected chi connectivity index (χ0v) is 13.2. The van der Waals surface area contributed by atoms with E-state index < -0.39 is 0 Å². The molecule has 1 atom stereocenters. The summed E-state index contributed by atoms with van der Waals surface area (Å²) in [5.41, 5.74) is 0.984. The summed E-state index contributed by atoms with van der Waals surface area (Å²) in [5, 5.41) is 10.2. The maximum atomic E-state index is 12.7. The van der Waals surface area contributed by atoms with Gasteiger partial charge in [-0.25, -0.2) is 4.98 Å². The highest BCUT2D eigenvalue weighted by Crippen LogP contribution is 2.33. The van der Waals surface area contributed by atoms with E-state index in [1.165, 1.54) is 37.4 Å². The summed E-state index contributed by atoms with van der Waals surface area (Å²) in [7, 11) is 0. The highest BCUT2D eigenvalue weighted by Gasteiger charge is 2.26. The molecule has 3 rings (SSSR count). The van der Waals surface area contributed by atoms with E-state index in [9.17, 15) is 4.79 Å². The summed E-state index contributed by atoms with van der Waals surface area (Å²) in [5.74, 6) is 0.0551. The number of rotatable bonds is 5. The number of aromatic amines is 1. The zero-order chi connectivity index (χ0) is 15.2. The van der Waals surface area contributed by atoms with Gasteiger partial charge in [-0.3, -0.25) is 9.89 Å². The first kappa shape index (κ1) is 15.1. The third kappa shape index (κ3) is 3.88. The molecule has 0 saturated heterocycles. The number of nitrogens with one attached hydrogen (secondary N) is 2. The van der Waals surface area contributed by atoms with Crippen molar-refractivity contribution < 1.29 is 4.79 Å². The second kappa shape index (κ2) is 7.45. The third-order valence-electron chi connectivity index (χ3n) is 3.91. The first-order valence-corrected chi connectivity index (χ1v) is 8.58. The fourth-order valence-corrected chi connectivity index (χ4v) is 3.69. The molecule has 1 aliphatic carbocycles. The van der Waals surface area contributed by atoms with E-state index in [1.807, 2.05) is 30.3 Å². The first-order valence-electron chi connectivity index (χ1n) is 7.70. The Morgan fingerprint density at radius 1 is 1.23 bits per heavy atom. The van der Waals surface area contributed by atoms with Crippen LogP contribution in [0, 0.1) is 0 Å². The third-order valence-corrected chi connectivity index (χ3v) is 5.06. The van der Waals surface area contributed by atoms with Gasteiger partial charge in [0.1, 0.15) is 11.6 Å². The SMILES string of the molecule is O=C(NC1CCCCC1)[C@@H](Sc1ncn[nH]1)c1ccccc1. The molecule has 1 amide bonds. The second-order valence-electron chi connectivity index (χ2n) is 5.54. The van der Waals surface area contributed by atoms with E-state index in [0.717, 1.165) is 18.4 Å². The lowest BCUT2D eigenvalue weighted by Crippen LogP contribution is -2.38. The van der Waals surface area contributed by atoms with Crippen LogP contribution in [0.5, 0.6) is 0 Å². The van der Waals surface area contributed by atoms with Crippen molar-refractivity contribution in [2.24, 2.45) is 0 Å². The summed E-state index contributed by atoms with van der Waals surface area (Å²) in [6, 6.07) is 10.1. The number of hydrogen-bond acceptors (Lipinski definition) is 4. The van der Waals surface area contributed by atoms with Crippen LogP contribution in [-0.4, -0.2) is 27.1 Å². The molecule has 1 saturated carbocycles. The van der Waals surface area contributed by atoms with Gasteiger partial charge >= 0.3 is 0 Å². The van der Waals surface area contributed by atoms with Gasteiger partial charge in [-0.05, 0) is 18.4 Å². The molecular weight excluding hydrogens is 296 g/mol. The molecule has 0 spiro atoms. The van der Waals surface area contributed by atoms with Crippen LogP contribution in [0.15, 0.2) is 41.8 Å². The summed E-state index contributed by atoms with van der Waals surface area (Å²) in [6.07, 6.45) is 7.32. The highest BCUT2D eigenvalue weighted by atomic mass is 32.2. The van der Waals surface area contributed by atoms with Gasteiger partial charge < -0.3 is 5.32 Å². The van der Waals surface area contributed by atoms with Gasteiger partial charge in [0.2, 0.25) is 5.91 Å². The first-order chi connectivity index (χ1) is 10.8. The average Bonchev–Trinajstić information content (AvgIpc) is 3.07.